The van der Waals surface area contributed by atoms with Crippen LogP contribution >= 0.6 is 11.6 Å². The van der Waals surface area contributed by atoms with Gasteiger partial charge in [0.15, 0.2) is 0 Å². The summed E-state index contributed by atoms with van der Waals surface area (Å²) in [4.78, 5) is 11.3. The summed E-state index contributed by atoms with van der Waals surface area (Å²) in [5.41, 5.74) is 1.55. The maximum Gasteiger partial charge on any atom is 0.326 e. The Hall–Kier alpha value is -2.25. The number of hydrogen-bond acceptors (Lipinski definition) is 4. The van der Waals surface area contributed by atoms with Crippen molar-refractivity contribution in [2.75, 3.05) is 10.8 Å². The lowest BCUT2D eigenvalue weighted by atomic mass is 10.0. The van der Waals surface area contributed by atoms with E-state index in [-0.39, 0.29) is 18.0 Å². The number of anilines is 1. The fourth-order valence-corrected chi connectivity index (χ4v) is 3.49. The minimum absolute atomic E-state index is 0.0470. The molecule has 0 aliphatic carbocycles. The highest BCUT2D eigenvalue weighted by atomic mass is 35.5. The van der Waals surface area contributed by atoms with Gasteiger partial charge in [0.05, 0.1) is 5.69 Å². The summed E-state index contributed by atoms with van der Waals surface area (Å²) in [5, 5.41) is 10.5. The number of amides is 1. The smallest absolute Gasteiger partial charge is 0.326 e. The Bertz CT molecular complexity index is 850. The third-order valence-electron chi connectivity index (χ3n) is 3.24. The summed E-state index contributed by atoms with van der Waals surface area (Å²) in [6.07, 6.45) is 0. The molecular formula is C14H11ClN2O4S. The lowest BCUT2D eigenvalue weighted by Crippen LogP contribution is -2.29. The van der Waals surface area contributed by atoms with Crippen LogP contribution in [0.1, 0.15) is 0 Å². The van der Waals surface area contributed by atoms with E-state index in [2.05, 4.69) is 0 Å². The average Bonchev–Trinajstić information content (AvgIpc) is 2.73. The van der Waals surface area contributed by atoms with Crippen molar-refractivity contribution >= 4 is 33.4 Å². The Balaban J connectivity index is 2.08. The van der Waals surface area contributed by atoms with E-state index >= 15 is 0 Å². The van der Waals surface area contributed by atoms with Gasteiger partial charge in [-0.15, -0.1) is 0 Å². The topological polar surface area (TPSA) is 86.7 Å². The average molecular weight is 339 g/mol. The van der Waals surface area contributed by atoms with Crippen molar-refractivity contribution in [3.8, 4) is 16.9 Å². The van der Waals surface area contributed by atoms with E-state index in [9.17, 15) is 18.3 Å². The van der Waals surface area contributed by atoms with Gasteiger partial charge in [0, 0.05) is 5.02 Å². The summed E-state index contributed by atoms with van der Waals surface area (Å²) in [7, 11) is -3.96. The first-order valence-electron chi connectivity index (χ1n) is 6.29. The van der Waals surface area contributed by atoms with Gasteiger partial charge in [-0.3, -0.25) is 4.79 Å². The maximum absolute atomic E-state index is 11.9. The quantitative estimate of drug-likeness (QED) is 0.875. The molecule has 0 radical (unpaired) electrons. The molecule has 1 fully saturated rings. The summed E-state index contributed by atoms with van der Waals surface area (Å²) in [6.45, 7) is -0.361. The predicted octanol–water partition coefficient (Wildman–Crippen LogP) is 1.89. The van der Waals surface area contributed by atoms with Crippen LogP contribution in [-0.4, -0.2) is 26.0 Å². The molecule has 3 rings (SSSR count). The minimum atomic E-state index is -3.96. The molecule has 22 heavy (non-hydrogen) atoms. The molecule has 0 saturated carbocycles. The molecule has 1 saturated heterocycles. The first kappa shape index (κ1) is 14.7. The summed E-state index contributed by atoms with van der Waals surface area (Å²) in [5.74, 6) is -0.867. The van der Waals surface area contributed by atoms with Crippen LogP contribution in [0.4, 0.5) is 5.69 Å². The Morgan fingerprint density at radius 3 is 2.32 bits per heavy atom. The van der Waals surface area contributed by atoms with E-state index in [1.54, 1.807) is 30.3 Å². The van der Waals surface area contributed by atoms with Gasteiger partial charge >= 0.3 is 10.2 Å². The molecule has 0 aromatic heterocycles. The molecule has 0 unspecified atom stereocenters. The van der Waals surface area contributed by atoms with Crippen LogP contribution in [0.5, 0.6) is 5.75 Å². The predicted molar refractivity (Wildman–Crippen MR) is 83.0 cm³/mol. The maximum atomic E-state index is 11.9. The van der Waals surface area contributed by atoms with Gasteiger partial charge in [-0.2, -0.15) is 8.42 Å². The summed E-state index contributed by atoms with van der Waals surface area (Å²) >= 11 is 5.84. The van der Waals surface area contributed by atoms with E-state index in [0.29, 0.717) is 10.6 Å². The van der Waals surface area contributed by atoms with Gasteiger partial charge in [0.1, 0.15) is 12.3 Å². The van der Waals surface area contributed by atoms with Crippen LogP contribution < -0.4 is 9.03 Å². The number of aromatic hydroxyl groups is 1. The van der Waals surface area contributed by atoms with Crippen molar-refractivity contribution in [2.24, 2.45) is 0 Å². The number of phenolic OH excluding ortho intramolecular Hbond substituents is 1. The molecule has 1 amide bonds. The number of rotatable bonds is 2. The van der Waals surface area contributed by atoms with Crippen molar-refractivity contribution in [3.05, 3.63) is 47.5 Å². The lowest BCUT2D eigenvalue weighted by Gasteiger charge is -2.17. The molecule has 114 valence electrons. The number of halogens is 1. The largest absolute Gasteiger partial charge is 0.506 e. The number of nitrogens with one attached hydrogen (secondary N) is 1. The van der Waals surface area contributed by atoms with Gasteiger partial charge in [0.25, 0.3) is 5.91 Å². The SMILES string of the molecule is O=C1CN(c2cc(-c3ccc(Cl)cc3)ccc2O)S(=O)(=O)N1. The van der Waals surface area contributed by atoms with Crippen LogP contribution in [0.3, 0.4) is 0 Å². The van der Waals surface area contributed by atoms with Crippen molar-refractivity contribution in [1.29, 1.82) is 0 Å². The zero-order chi connectivity index (χ0) is 15.9. The van der Waals surface area contributed by atoms with Gasteiger partial charge in [0.2, 0.25) is 0 Å². The second-order valence-corrected chi connectivity index (χ2v) is 6.78. The molecule has 1 aliphatic rings. The van der Waals surface area contributed by atoms with Crippen LogP contribution in [0, 0.1) is 0 Å². The van der Waals surface area contributed by atoms with E-state index < -0.39 is 16.1 Å². The number of carbonyl (C=O) groups excluding carboxylic acids is 1. The monoisotopic (exact) mass is 338 g/mol. The van der Waals surface area contributed by atoms with E-state index in [4.69, 9.17) is 11.6 Å². The van der Waals surface area contributed by atoms with E-state index in [1.165, 1.54) is 12.1 Å². The minimum Gasteiger partial charge on any atom is -0.506 e. The number of carbonyl (C=O) groups is 1. The van der Waals surface area contributed by atoms with Crippen LogP contribution in [0.25, 0.3) is 11.1 Å². The standard InChI is InChI=1S/C14H11ClN2O4S/c15-11-4-1-9(2-5-11)10-3-6-13(18)12(7-10)17-8-14(19)16-22(17,20)21/h1-7,18H,8H2,(H,16,19). The first-order chi connectivity index (χ1) is 10.4. The van der Waals surface area contributed by atoms with Gasteiger partial charge in [-0.1, -0.05) is 29.8 Å². The second-order valence-electron chi connectivity index (χ2n) is 4.75. The molecule has 2 aromatic carbocycles. The van der Waals surface area contributed by atoms with Crippen LogP contribution in [-0.2, 0) is 15.0 Å². The lowest BCUT2D eigenvalue weighted by molar-refractivity contribution is -0.117. The molecule has 1 aliphatic heterocycles. The summed E-state index contributed by atoms with van der Waals surface area (Å²) in [6, 6.07) is 11.5. The zero-order valence-electron chi connectivity index (χ0n) is 11.2. The molecule has 2 N–H and O–H groups in total. The van der Waals surface area contributed by atoms with Crippen molar-refractivity contribution in [1.82, 2.24) is 4.72 Å². The van der Waals surface area contributed by atoms with Crippen molar-refractivity contribution < 1.29 is 18.3 Å². The van der Waals surface area contributed by atoms with Crippen molar-refractivity contribution in [3.63, 3.8) is 0 Å². The third-order valence-corrected chi connectivity index (χ3v) is 4.89. The Morgan fingerprint density at radius 1 is 1.09 bits per heavy atom. The highest BCUT2D eigenvalue weighted by Crippen LogP contribution is 2.35. The molecule has 0 spiro atoms. The summed E-state index contributed by atoms with van der Waals surface area (Å²) < 4.78 is 26.5. The molecule has 1 heterocycles. The zero-order valence-corrected chi connectivity index (χ0v) is 12.7. The molecule has 6 nitrogen and oxygen atoms in total. The molecule has 2 aromatic rings. The molecule has 0 bridgehead atoms. The number of hydrogen-bond donors (Lipinski definition) is 2. The van der Waals surface area contributed by atoms with Crippen LogP contribution in [0.15, 0.2) is 42.5 Å². The van der Waals surface area contributed by atoms with Gasteiger partial charge in [-0.25, -0.2) is 9.03 Å². The number of nitrogens with zero attached hydrogens (tertiary/aromatic N) is 1. The number of phenols is 1. The Labute approximate surface area is 132 Å². The van der Waals surface area contributed by atoms with Gasteiger partial charge in [-0.05, 0) is 35.4 Å². The fourth-order valence-electron chi connectivity index (χ4n) is 2.21. The van der Waals surface area contributed by atoms with Gasteiger partial charge < -0.3 is 5.11 Å². The molecule has 8 heteroatoms. The van der Waals surface area contributed by atoms with Crippen molar-refractivity contribution in [2.45, 2.75) is 0 Å². The second kappa shape index (κ2) is 5.19. The normalized spacial score (nSPS) is 16.6. The highest BCUT2D eigenvalue weighted by Gasteiger charge is 2.35. The van der Waals surface area contributed by atoms with Crippen LogP contribution in [0.2, 0.25) is 5.02 Å². The molecule has 0 atom stereocenters. The Morgan fingerprint density at radius 2 is 1.73 bits per heavy atom. The third kappa shape index (κ3) is 2.60. The molecular weight excluding hydrogens is 328 g/mol. The highest BCUT2D eigenvalue weighted by molar-refractivity contribution is 7.92. The number of benzene rings is 2. The van der Waals surface area contributed by atoms with E-state index in [1.807, 2.05) is 4.72 Å². The first-order valence-corrected chi connectivity index (χ1v) is 8.11. The fraction of sp³-hybridized carbons (Fsp3) is 0.0714. The Kier molecular flexibility index (Phi) is 3.46. The van der Waals surface area contributed by atoms with E-state index in [0.717, 1.165) is 9.87 Å².